The Kier molecular flexibility index (Phi) is 6.12. The van der Waals surface area contributed by atoms with Gasteiger partial charge in [0.05, 0.1) is 0 Å². The molecular formula is C18H24AsN2O5. The van der Waals surface area contributed by atoms with E-state index in [9.17, 15) is 19.5 Å². The molecule has 0 spiro atoms. The normalized spacial score (nSPS) is 18.2. The van der Waals surface area contributed by atoms with Crippen molar-refractivity contribution >= 4 is 38.2 Å². The third kappa shape index (κ3) is 4.64. The van der Waals surface area contributed by atoms with Crippen LogP contribution in [0.3, 0.4) is 0 Å². The minimum atomic E-state index is -1.10. The van der Waals surface area contributed by atoms with Crippen LogP contribution in [0.1, 0.15) is 40.2 Å². The molecule has 0 saturated heterocycles. The SMILES string of the molecule is CC(C)[C@H]([As]C(=O)OC(C)(C)C)C(=O)N1c2ncccc2CC1C(=O)O. The molecule has 0 bridgehead atoms. The quantitative estimate of drug-likeness (QED) is 0.732. The molecule has 1 aliphatic heterocycles. The van der Waals surface area contributed by atoms with Crippen molar-refractivity contribution in [2.24, 2.45) is 5.92 Å². The van der Waals surface area contributed by atoms with Crippen LogP contribution >= 0.6 is 0 Å². The number of ether oxygens (including phenoxy) is 1. The Hall–Kier alpha value is -1.88. The molecule has 1 aromatic rings. The fraction of sp³-hybridized carbons (Fsp3) is 0.556. The molecule has 141 valence electrons. The fourth-order valence-electron chi connectivity index (χ4n) is 2.74. The summed E-state index contributed by atoms with van der Waals surface area (Å²) in [7, 11) is 0. The molecule has 7 nitrogen and oxygen atoms in total. The van der Waals surface area contributed by atoms with Gasteiger partial charge in [-0.25, -0.2) is 0 Å². The van der Waals surface area contributed by atoms with Crippen LogP contribution in [0.4, 0.5) is 10.6 Å². The number of hydrogen-bond donors (Lipinski definition) is 1. The van der Waals surface area contributed by atoms with E-state index in [1.54, 1.807) is 32.9 Å². The molecule has 1 aromatic heterocycles. The van der Waals surface area contributed by atoms with Gasteiger partial charge in [0, 0.05) is 0 Å². The van der Waals surface area contributed by atoms with E-state index in [0.717, 1.165) is 5.56 Å². The van der Waals surface area contributed by atoms with Crippen molar-refractivity contribution in [1.82, 2.24) is 4.98 Å². The molecule has 1 N–H and O–H groups in total. The summed E-state index contributed by atoms with van der Waals surface area (Å²) in [6, 6.07) is 2.50. The zero-order chi connectivity index (χ0) is 19.6. The number of nitrogens with zero attached hydrogens (tertiary/aromatic N) is 2. The number of amides is 1. The van der Waals surface area contributed by atoms with Gasteiger partial charge in [0.15, 0.2) is 0 Å². The van der Waals surface area contributed by atoms with Gasteiger partial charge in [0.1, 0.15) is 0 Å². The number of pyridine rings is 1. The van der Waals surface area contributed by atoms with Gasteiger partial charge in [-0.1, -0.05) is 0 Å². The predicted molar refractivity (Wildman–Crippen MR) is 97.4 cm³/mol. The zero-order valence-electron chi connectivity index (χ0n) is 15.6. The second kappa shape index (κ2) is 7.78. The average Bonchev–Trinajstić information content (AvgIpc) is 2.89. The number of aliphatic carboxylic acids is 1. The van der Waals surface area contributed by atoms with Crippen molar-refractivity contribution in [3.63, 3.8) is 0 Å². The van der Waals surface area contributed by atoms with Gasteiger partial charge >= 0.3 is 160 Å². The van der Waals surface area contributed by atoms with Gasteiger partial charge in [0.2, 0.25) is 0 Å². The number of aromatic nitrogens is 1. The van der Waals surface area contributed by atoms with Crippen molar-refractivity contribution in [3.8, 4) is 0 Å². The third-order valence-electron chi connectivity index (χ3n) is 3.87. The molecule has 8 heteroatoms. The molecular weight excluding hydrogens is 399 g/mol. The number of carbonyl (C=O) groups excluding carboxylic acids is 2. The van der Waals surface area contributed by atoms with Crippen LogP contribution in [0.15, 0.2) is 18.3 Å². The fourth-order valence-corrected chi connectivity index (χ4v) is 5.02. The molecule has 2 atom stereocenters. The van der Waals surface area contributed by atoms with Gasteiger partial charge in [-0.05, 0) is 0 Å². The standard InChI is InChI=1S/C18H24AsN2O5/c1-10(2)13(19-17(25)26-18(3,4)5)15(22)21-12(16(23)24)9-11-7-6-8-20-14(11)21/h6-8,10,12-13H,9H2,1-5H3,(H,23,24)/t12?,13-/m0/s1. The molecule has 1 radical (unpaired) electrons. The molecule has 2 heterocycles. The molecule has 26 heavy (non-hydrogen) atoms. The van der Waals surface area contributed by atoms with Gasteiger partial charge in [-0.15, -0.1) is 0 Å². The number of carboxylic acids is 1. The Morgan fingerprint density at radius 3 is 2.54 bits per heavy atom. The topological polar surface area (TPSA) is 96.8 Å². The first-order valence-electron chi connectivity index (χ1n) is 8.45. The van der Waals surface area contributed by atoms with Gasteiger partial charge in [-0.3, -0.25) is 0 Å². The summed E-state index contributed by atoms with van der Waals surface area (Å²) in [6.45, 7) is 9.04. The van der Waals surface area contributed by atoms with E-state index >= 15 is 0 Å². The first-order valence-corrected chi connectivity index (χ1v) is 10.5. The summed E-state index contributed by atoms with van der Waals surface area (Å²) < 4.78 is 4.41. The van der Waals surface area contributed by atoms with E-state index in [1.165, 1.54) is 11.1 Å². The summed E-state index contributed by atoms with van der Waals surface area (Å²) in [5.41, 5.74) is 0.104. The summed E-state index contributed by atoms with van der Waals surface area (Å²) in [6.07, 6.45) is 1.76. The van der Waals surface area contributed by atoms with Crippen molar-refractivity contribution < 1.29 is 24.2 Å². The van der Waals surface area contributed by atoms with Crippen LogP contribution in [0.2, 0.25) is 4.71 Å². The first-order chi connectivity index (χ1) is 12.0. The first kappa shape index (κ1) is 20.4. The Morgan fingerprint density at radius 1 is 1.35 bits per heavy atom. The van der Waals surface area contributed by atoms with Gasteiger partial charge < -0.3 is 0 Å². The Balaban J connectivity index is 2.29. The van der Waals surface area contributed by atoms with Gasteiger partial charge in [-0.2, -0.15) is 0 Å². The minimum absolute atomic E-state index is 0.114. The summed E-state index contributed by atoms with van der Waals surface area (Å²) in [4.78, 5) is 42.6. The van der Waals surface area contributed by atoms with E-state index in [2.05, 4.69) is 4.98 Å². The average molecular weight is 423 g/mol. The van der Waals surface area contributed by atoms with Crippen molar-refractivity contribution in [2.45, 2.75) is 57.4 Å². The van der Waals surface area contributed by atoms with Crippen LogP contribution in [0.25, 0.3) is 0 Å². The monoisotopic (exact) mass is 423 g/mol. The van der Waals surface area contributed by atoms with Crippen LogP contribution < -0.4 is 4.90 Å². The van der Waals surface area contributed by atoms with E-state index in [0.29, 0.717) is 5.82 Å². The summed E-state index contributed by atoms with van der Waals surface area (Å²) in [5, 5.41) is 9.55. The van der Waals surface area contributed by atoms with E-state index < -0.39 is 38.1 Å². The maximum atomic E-state index is 13.2. The number of carbonyl (C=O) groups is 3. The summed E-state index contributed by atoms with van der Waals surface area (Å²) >= 11 is -1.10. The van der Waals surface area contributed by atoms with Crippen LogP contribution in [-0.2, 0) is 20.7 Å². The van der Waals surface area contributed by atoms with Crippen molar-refractivity contribution in [2.75, 3.05) is 4.90 Å². The van der Waals surface area contributed by atoms with Crippen LogP contribution in [0, 0.1) is 5.92 Å². The van der Waals surface area contributed by atoms with E-state index in [1.807, 2.05) is 13.8 Å². The second-order valence-corrected chi connectivity index (χ2v) is 10.0. The van der Waals surface area contributed by atoms with Crippen molar-refractivity contribution in [3.05, 3.63) is 23.9 Å². The molecule has 0 fully saturated rings. The third-order valence-corrected chi connectivity index (χ3v) is 6.80. The molecule has 1 aliphatic rings. The molecule has 1 amide bonds. The maximum absolute atomic E-state index is 13.2. The number of hydrogen-bond acceptors (Lipinski definition) is 5. The van der Waals surface area contributed by atoms with Crippen LogP contribution in [-0.4, -0.2) is 54.1 Å². The Morgan fingerprint density at radius 2 is 2.00 bits per heavy atom. The van der Waals surface area contributed by atoms with E-state index in [-0.39, 0.29) is 23.0 Å². The van der Waals surface area contributed by atoms with Crippen LogP contribution in [0.5, 0.6) is 0 Å². The summed E-state index contributed by atoms with van der Waals surface area (Å²) in [5.74, 6) is -1.18. The number of fused-ring (bicyclic) bond motifs is 1. The van der Waals surface area contributed by atoms with E-state index in [4.69, 9.17) is 4.74 Å². The number of anilines is 1. The second-order valence-electron chi connectivity index (χ2n) is 7.55. The Labute approximate surface area is 159 Å². The molecule has 0 saturated carbocycles. The van der Waals surface area contributed by atoms with Crippen molar-refractivity contribution in [1.29, 1.82) is 0 Å². The predicted octanol–water partition coefficient (Wildman–Crippen LogP) is 2.51. The molecule has 1 unspecified atom stereocenters. The number of carboxylic acid groups (broad SMARTS) is 1. The molecule has 2 rings (SSSR count). The van der Waals surface area contributed by atoms with Gasteiger partial charge in [0.25, 0.3) is 0 Å². The zero-order valence-corrected chi connectivity index (χ0v) is 17.5. The molecule has 0 aromatic carbocycles. The number of rotatable bonds is 5. The Bertz CT molecular complexity index is 714. The molecule has 0 aliphatic carbocycles.